The third-order valence-corrected chi connectivity index (χ3v) is 6.50. The minimum Gasteiger partial charge on any atom is -0.344 e. The van der Waals surface area contributed by atoms with Crippen molar-refractivity contribution < 1.29 is 17.6 Å². The summed E-state index contributed by atoms with van der Waals surface area (Å²) in [5.41, 5.74) is 3.81. The molecule has 1 aliphatic carbocycles. The van der Waals surface area contributed by atoms with Crippen LogP contribution in [0.25, 0.3) is 5.69 Å². The molecule has 8 heteroatoms. The van der Waals surface area contributed by atoms with E-state index in [4.69, 9.17) is 0 Å². The number of hydrogen-bond acceptors (Lipinski definition) is 4. The van der Waals surface area contributed by atoms with Crippen LogP contribution in [0.5, 0.6) is 0 Å². The molecule has 30 heavy (non-hydrogen) atoms. The van der Waals surface area contributed by atoms with Crippen molar-refractivity contribution >= 4 is 15.7 Å². The molecule has 0 saturated carbocycles. The molecular weight excluding hydrogens is 405 g/mol. The number of aromatic nitrogens is 2. The maximum atomic E-state index is 13.3. The fourth-order valence-corrected chi connectivity index (χ4v) is 4.40. The normalized spacial score (nSPS) is 14.4. The molecule has 1 aliphatic rings. The van der Waals surface area contributed by atoms with Gasteiger partial charge in [0.1, 0.15) is 5.82 Å². The van der Waals surface area contributed by atoms with E-state index in [9.17, 15) is 17.6 Å². The number of benzene rings is 2. The van der Waals surface area contributed by atoms with Crippen LogP contribution in [-0.4, -0.2) is 30.4 Å². The van der Waals surface area contributed by atoms with Crippen LogP contribution in [0.1, 0.15) is 46.7 Å². The molecule has 0 radical (unpaired) electrons. The van der Waals surface area contributed by atoms with Crippen LogP contribution >= 0.6 is 0 Å². The number of carbonyl (C=O) groups excluding carboxylic acids is 1. The van der Waals surface area contributed by atoms with E-state index in [1.54, 1.807) is 28.9 Å². The molecule has 6 nitrogen and oxygen atoms in total. The molecule has 0 spiro atoms. The van der Waals surface area contributed by atoms with Crippen molar-refractivity contribution in [2.75, 3.05) is 6.26 Å². The van der Waals surface area contributed by atoms with E-state index in [1.165, 1.54) is 24.3 Å². The molecule has 1 amide bonds. The molecule has 0 fully saturated rings. The molecule has 2 aromatic carbocycles. The Bertz CT molecular complexity index is 1200. The Kier molecular flexibility index (Phi) is 5.19. The average Bonchev–Trinajstić information content (AvgIpc) is 3.31. The second-order valence-corrected chi connectivity index (χ2v) is 9.57. The van der Waals surface area contributed by atoms with Gasteiger partial charge in [-0.3, -0.25) is 4.79 Å². The zero-order valence-electron chi connectivity index (χ0n) is 16.7. The SMILES string of the molecule is C[C@H](NC(=O)c1nn(-c2ccc(F)cc2)c2c1CCC2)c1ccc(S(C)(=O)=O)cc1. The lowest BCUT2D eigenvalue weighted by atomic mass is 10.1. The Morgan fingerprint density at radius 2 is 1.77 bits per heavy atom. The molecule has 1 heterocycles. The maximum Gasteiger partial charge on any atom is 0.272 e. The Balaban J connectivity index is 1.58. The van der Waals surface area contributed by atoms with E-state index in [0.29, 0.717) is 5.69 Å². The van der Waals surface area contributed by atoms with E-state index < -0.39 is 9.84 Å². The lowest BCUT2D eigenvalue weighted by Crippen LogP contribution is -2.28. The smallest absolute Gasteiger partial charge is 0.272 e. The Labute approximate surface area is 174 Å². The molecular formula is C22H22FN3O3S. The van der Waals surface area contributed by atoms with Gasteiger partial charge >= 0.3 is 0 Å². The summed E-state index contributed by atoms with van der Waals surface area (Å²) in [6.45, 7) is 1.84. The number of nitrogens with one attached hydrogen (secondary N) is 1. The van der Waals surface area contributed by atoms with Gasteiger partial charge in [0.15, 0.2) is 15.5 Å². The molecule has 1 aromatic heterocycles. The highest BCUT2D eigenvalue weighted by Gasteiger charge is 2.27. The van der Waals surface area contributed by atoms with Gasteiger partial charge in [0.2, 0.25) is 0 Å². The minimum absolute atomic E-state index is 0.237. The van der Waals surface area contributed by atoms with E-state index in [2.05, 4.69) is 10.4 Å². The summed E-state index contributed by atoms with van der Waals surface area (Å²) in [5, 5.41) is 7.48. The fourth-order valence-electron chi connectivity index (χ4n) is 3.77. The van der Waals surface area contributed by atoms with Crippen LogP contribution < -0.4 is 5.32 Å². The summed E-state index contributed by atoms with van der Waals surface area (Å²) in [5.74, 6) is -0.607. The topological polar surface area (TPSA) is 81.1 Å². The van der Waals surface area contributed by atoms with E-state index >= 15 is 0 Å². The van der Waals surface area contributed by atoms with Crippen LogP contribution in [0.3, 0.4) is 0 Å². The van der Waals surface area contributed by atoms with Crippen LogP contribution in [0.2, 0.25) is 0 Å². The van der Waals surface area contributed by atoms with Gasteiger partial charge in [0.05, 0.1) is 16.6 Å². The first-order chi connectivity index (χ1) is 14.2. The molecule has 156 valence electrons. The largest absolute Gasteiger partial charge is 0.344 e. The molecule has 1 N–H and O–H groups in total. The summed E-state index contributed by atoms with van der Waals surface area (Å²) in [7, 11) is -3.27. The molecule has 0 aliphatic heterocycles. The van der Waals surface area contributed by atoms with Crippen molar-refractivity contribution in [3.8, 4) is 5.69 Å². The zero-order chi connectivity index (χ0) is 21.5. The highest BCUT2D eigenvalue weighted by atomic mass is 32.2. The predicted octanol–water partition coefficient (Wildman–Crippen LogP) is 3.39. The first kappa shape index (κ1) is 20.3. The first-order valence-electron chi connectivity index (χ1n) is 9.71. The van der Waals surface area contributed by atoms with Crippen molar-refractivity contribution in [3.05, 3.63) is 76.9 Å². The zero-order valence-corrected chi connectivity index (χ0v) is 17.5. The van der Waals surface area contributed by atoms with Gasteiger partial charge in [-0.1, -0.05) is 12.1 Å². The third-order valence-electron chi connectivity index (χ3n) is 5.37. The quantitative estimate of drug-likeness (QED) is 0.677. The second kappa shape index (κ2) is 7.68. The van der Waals surface area contributed by atoms with Gasteiger partial charge in [-0.25, -0.2) is 17.5 Å². The predicted molar refractivity (Wildman–Crippen MR) is 111 cm³/mol. The van der Waals surface area contributed by atoms with Crippen LogP contribution in [0.4, 0.5) is 4.39 Å². The molecule has 0 saturated heterocycles. The number of hydrogen-bond donors (Lipinski definition) is 1. The van der Waals surface area contributed by atoms with Gasteiger partial charge in [-0.05, 0) is 68.1 Å². The molecule has 0 bridgehead atoms. The Morgan fingerprint density at radius 3 is 2.40 bits per heavy atom. The fraction of sp³-hybridized carbons (Fsp3) is 0.273. The summed E-state index contributed by atoms with van der Waals surface area (Å²) >= 11 is 0. The molecule has 4 rings (SSSR count). The van der Waals surface area contributed by atoms with Crippen LogP contribution in [0.15, 0.2) is 53.4 Å². The van der Waals surface area contributed by atoms with E-state index in [0.717, 1.165) is 48.0 Å². The lowest BCUT2D eigenvalue weighted by Gasteiger charge is -2.14. The third kappa shape index (κ3) is 3.87. The van der Waals surface area contributed by atoms with Crippen molar-refractivity contribution in [3.63, 3.8) is 0 Å². The van der Waals surface area contributed by atoms with Gasteiger partial charge in [-0.2, -0.15) is 5.10 Å². The van der Waals surface area contributed by atoms with Gasteiger partial charge < -0.3 is 5.32 Å². The van der Waals surface area contributed by atoms with Crippen LogP contribution in [-0.2, 0) is 22.7 Å². The number of rotatable bonds is 5. The van der Waals surface area contributed by atoms with Crippen molar-refractivity contribution in [2.24, 2.45) is 0 Å². The van der Waals surface area contributed by atoms with Crippen molar-refractivity contribution in [2.45, 2.75) is 37.1 Å². The number of carbonyl (C=O) groups is 1. The van der Waals surface area contributed by atoms with Crippen molar-refractivity contribution in [1.82, 2.24) is 15.1 Å². The highest BCUT2D eigenvalue weighted by Crippen LogP contribution is 2.28. The number of amides is 1. The average molecular weight is 428 g/mol. The summed E-state index contributed by atoms with van der Waals surface area (Å²) in [4.78, 5) is 13.2. The standard InChI is InChI=1S/C22H22FN3O3S/c1-14(15-6-12-18(13-7-15)30(2,28)29)24-22(27)21-19-4-3-5-20(19)26(25-21)17-10-8-16(23)9-11-17/h6-14H,3-5H2,1-2H3,(H,24,27)/t14-/m0/s1. The minimum atomic E-state index is -3.27. The molecule has 3 aromatic rings. The van der Waals surface area contributed by atoms with Crippen molar-refractivity contribution in [1.29, 1.82) is 0 Å². The van der Waals surface area contributed by atoms with E-state index in [1.807, 2.05) is 6.92 Å². The van der Waals surface area contributed by atoms with Gasteiger partial charge in [0.25, 0.3) is 5.91 Å². The lowest BCUT2D eigenvalue weighted by molar-refractivity contribution is 0.0933. The molecule has 1 atom stereocenters. The Morgan fingerprint density at radius 1 is 1.10 bits per heavy atom. The monoisotopic (exact) mass is 427 g/mol. The summed E-state index contributed by atoms with van der Waals surface area (Å²) in [6.07, 6.45) is 3.69. The van der Waals surface area contributed by atoms with E-state index in [-0.39, 0.29) is 22.7 Å². The number of nitrogens with zero attached hydrogens (tertiary/aromatic N) is 2. The Hall–Kier alpha value is -3.00. The maximum absolute atomic E-state index is 13.3. The van der Waals surface area contributed by atoms with Gasteiger partial charge in [0, 0.05) is 17.5 Å². The first-order valence-corrected chi connectivity index (χ1v) is 11.6. The van der Waals surface area contributed by atoms with Crippen LogP contribution in [0, 0.1) is 5.82 Å². The number of fused-ring (bicyclic) bond motifs is 1. The molecule has 0 unspecified atom stereocenters. The highest BCUT2D eigenvalue weighted by molar-refractivity contribution is 7.90. The number of sulfone groups is 1. The summed E-state index contributed by atoms with van der Waals surface area (Å²) in [6, 6.07) is 12.2. The summed E-state index contributed by atoms with van der Waals surface area (Å²) < 4.78 is 38.2. The number of halogens is 1. The second-order valence-electron chi connectivity index (χ2n) is 7.55. The van der Waals surface area contributed by atoms with Gasteiger partial charge in [-0.15, -0.1) is 0 Å².